The number of nitrogens with one attached hydrogen (secondary N) is 2. The van der Waals surface area contributed by atoms with Crippen molar-refractivity contribution in [1.29, 1.82) is 0 Å². The monoisotopic (exact) mass is 400 g/mol. The Balaban J connectivity index is 1.49. The summed E-state index contributed by atoms with van der Waals surface area (Å²) in [5.74, 6) is -0.331. The highest BCUT2D eigenvalue weighted by Gasteiger charge is 2.22. The lowest BCUT2D eigenvalue weighted by atomic mass is 10.1. The molecule has 4 nitrogen and oxygen atoms in total. The first-order valence-electron chi connectivity index (χ1n) is 9.32. The van der Waals surface area contributed by atoms with Gasteiger partial charge >= 0.3 is 0 Å². The van der Waals surface area contributed by atoms with Crippen LogP contribution in [-0.2, 0) is 11.3 Å². The molecule has 0 saturated carbocycles. The summed E-state index contributed by atoms with van der Waals surface area (Å²) < 4.78 is 0. The molecule has 2 amide bonds. The van der Waals surface area contributed by atoms with Crippen LogP contribution in [0.5, 0.6) is 0 Å². The molecule has 0 atom stereocenters. The van der Waals surface area contributed by atoms with E-state index >= 15 is 0 Å². The number of amides is 2. The number of rotatable bonds is 4. The van der Waals surface area contributed by atoms with E-state index in [1.54, 1.807) is 12.1 Å². The molecule has 0 unspecified atom stereocenters. The maximum atomic E-state index is 12.5. The third-order valence-corrected chi connectivity index (χ3v) is 5.67. The fourth-order valence-electron chi connectivity index (χ4n) is 3.09. The Kier molecular flexibility index (Phi) is 5.49. The Bertz CT molecular complexity index is 1110. The van der Waals surface area contributed by atoms with Gasteiger partial charge in [0.15, 0.2) is 0 Å². The van der Waals surface area contributed by atoms with Crippen molar-refractivity contribution in [2.45, 2.75) is 18.4 Å². The van der Waals surface area contributed by atoms with Gasteiger partial charge in [0, 0.05) is 17.0 Å². The van der Waals surface area contributed by atoms with Gasteiger partial charge in [0.05, 0.1) is 10.6 Å². The van der Waals surface area contributed by atoms with Crippen molar-refractivity contribution in [3.8, 4) is 0 Å². The van der Waals surface area contributed by atoms with Crippen molar-refractivity contribution in [1.82, 2.24) is 5.32 Å². The Morgan fingerprint density at radius 2 is 1.86 bits per heavy atom. The zero-order valence-corrected chi connectivity index (χ0v) is 16.8. The molecule has 1 aliphatic rings. The molecule has 1 heterocycles. The van der Waals surface area contributed by atoms with Gasteiger partial charge in [-0.05, 0) is 42.3 Å². The molecule has 0 bridgehead atoms. The van der Waals surface area contributed by atoms with Gasteiger partial charge in [0.1, 0.15) is 0 Å². The molecule has 1 aliphatic heterocycles. The summed E-state index contributed by atoms with van der Waals surface area (Å²) in [5.41, 5.74) is 4.35. The average molecular weight is 401 g/mol. The number of hydrogen-bond donors (Lipinski definition) is 2. The predicted octanol–water partition coefficient (Wildman–Crippen LogP) is 5.01. The smallest absolute Gasteiger partial charge is 0.262 e. The normalized spacial score (nSPS) is 14.2. The van der Waals surface area contributed by atoms with Crippen LogP contribution in [0.15, 0.2) is 82.6 Å². The van der Waals surface area contributed by atoms with E-state index in [-0.39, 0.29) is 11.8 Å². The zero-order chi connectivity index (χ0) is 20.2. The van der Waals surface area contributed by atoms with E-state index < -0.39 is 0 Å². The standard InChI is InChI=1S/C24H20N2O2S/c1-16-6-5-9-18(12-16)13-22-24(28)26-20-14-19(10-11-21(20)29-22)23(27)25-15-17-7-3-2-4-8-17/h2-14H,15H2,1H3,(H,25,27)(H,26,28)/b22-13+. The Hall–Kier alpha value is -3.31. The summed E-state index contributed by atoms with van der Waals surface area (Å²) >= 11 is 1.41. The lowest BCUT2D eigenvalue weighted by Gasteiger charge is -2.19. The molecule has 0 aromatic heterocycles. The molecule has 0 spiro atoms. The van der Waals surface area contributed by atoms with Gasteiger partial charge in [-0.25, -0.2) is 0 Å². The molecule has 3 aromatic rings. The van der Waals surface area contributed by atoms with E-state index in [0.717, 1.165) is 21.6 Å². The van der Waals surface area contributed by atoms with Crippen molar-refractivity contribution in [2.75, 3.05) is 5.32 Å². The van der Waals surface area contributed by atoms with Crippen molar-refractivity contribution in [3.05, 3.63) is 100.0 Å². The summed E-state index contributed by atoms with van der Waals surface area (Å²) in [6, 6.07) is 23.1. The van der Waals surface area contributed by atoms with Crippen LogP contribution in [0.3, 0.4) is 0 Å². The van der Waals surface area contributed by atoms with E-state index in [1.807, 2.05) is 73.7 Å². The fraction of sp³-hybridized carbons (Fsp3) is 0.0833. The zero-order valence-electron chi connectivity index (χ0n) is 15.9. The summed E-state index contributed by atoms with van der Waals surface area (Å²) in [7, 11) is 0. The van der Waals surface area contributed by atoms with Crippen LogP contribution in [0.25, 0.3) is 6.08 Å². The van der Waals surface area contributed by atoms with Gasteiger partial charge in [0.2, 0.25) is 0 Å². The maximum absolute atomic E-state index is 12.5. The second-order valence-electron chi connectivity index (χ2n) is 6.86. The van der Waals surface area contributed by atoms with E-state index in [9.17, 15) is 9.59 Å². The maximum Gasteiger partial charge on any atom is 0.262 e. The topological polar surface area (TPSA) is 58.2 Å². The highest BCUT2D eigenvalue weighted by molar-refractivity contribution is 8.04. The summed E-state index contributed by atoms with van der Waals surface area (Å²) in [5, 5.41) is 5.82. The van der Waals surface area contributed by atoms with Crippen LogP contribution in [-0.4, -0.2) is 11.8 Å². The predicted molar refractivity (Wildman–Crippen MR) is 118 cm³/mol. The van der Waals surface area contributed by atoms with Gasteiger partial charge < -0.3 is 10.6 Å². The van der Waals surface area contributed by atoms with Crippen molar-refractivity contribution in [3.63, 3.8) is 0 Å². The molecule has 0 saturated heterocycles. The van der Waals surface area contributed by atoms with E-state index in [2.05, 4.69) is 10.6 Å². The average Bonchev–Trinajstić information content (AvgIpc) is 2.73. The first kappa shape index (κ1) is 19.0. The van der Waals surface area contributed by atoms with Crippen LogP contribution < -0.4 is 10.6 Å². The van der Waals surface area contributed by atoms with Crippen LogP contribution >= 0.6 is 11.8 Å². The highest BCUT2D eigenvalue weighted by Crippen LogP contribution is 2.39. The van der Waals surface area contributed by atoms with Crippen LogP contribution in [0.1, 0.15) is 27.0 Å². The number of benzene rings is 3. The number of carbonyl (C=O) groups is 2. The summed E-state index contributed by atoms with van der Waals surface area (Å²) in [6.07, 6.45) is 1.89. The first-order valence-corrected chi connectivity index (χ1v) is 10.1. The molecule has 4 rings (SSSR count). The van der Waals surface area contributed by atoms with Crippen LogP contribution in [0, 0.1) is 6.92 Å². The highest BCUT2D eigenvalue weighted by atomic mass is 32.2. The van der Waals surface area contributed by atoms with E-state index in [0.29, 0.717) is 22.7 Å². The van der Waals surface area contributed by atoms with Gasteiger partial charge in [-0.3, -0.25) is 9.59 Å². The van der Waals surface area contributed by atoms with E-state index in [1.165, 1.54) is 11.8 Å². The molecule has 0 fully saturated rings. The number of thioether (sulfide) groups is 1. The molecule has 0 radical (unpaired) electrons. The van der Waals surface area contributed by atoms with Crippen molar-refractivity contribution >= 4 is 35.3 Å². The lowest BCUT2D eigenvalue weighted by molar-refractivity contribution is -0.112. The van der Waals surface area contributed by atoms with E-state index in [4.69, 9.17) is 0 Å². The SMILES string of the molecule is Cc1cccc(/C=C2/Sc3ccc(C(=O)NCc4ccccc4)cc3NC2=O)c1. The molecular weight excluding hydrogens is 380 g/mol. The summed E-state index contributed by atoms with van der Waals surface area (Å²) in [4.78, 5) is 26.6. The quantitative estimate of drug-likeness (QED) is 0.605. The second-order valence-corrected chi connectivity index (χ2v) is 7.94. The lowest BCUT2D eigenvalue weighted by Crippen LogP contribution is -2.23. The third kappa shape index (κ3) is 4.58. The molecule has 29 heavy (non-hydrogen) atoms. The third-order valence-electron chi connectivity index (χ3n) is 4.57. The minimum Gasteiger partial charge on any atom is -0.348 e. The minimum atomic E-state index is -0.169. The number of carbonyl (C=O) groups excluding carboxylic acids is 2. The van der Waals surface area contributed by atoms with Gasteiger partial charge in [-0.1, -0.05) is 71.9 Å². The van der Waals surface area contributed by atoms with Crippen molar-refractivity contribution in [2.24, 2.45) is 0 Å². The second kappa shape index (κ2) is 8.37. The van der Waals surface area contributed by atoms with Crippen LogP contribution in [0.2, 0.25) is 0 Å². The van der Waals surface area contributed by atoms with Gasteiger partial charge in [-0.2, -0.15) is 0 Å². The Labute approximate surface area is 174 Å². The largest absolute Gasteiger partial charge is 0.348 e. The molecule has 5 heteroatoms. The Morgan fingerprint density at radius 1 is 1.03 bits per heavy atom. The minimum absolute atomic E-state index is 0.161. The number of fused-ring (bicyclic) bond motifs is 1. The van der Waals surface area contributed by atoms with Gasteiger partial charge in [-0.15, -0.1) is 0 Å². The number of anilines is 1. The molecular formula is C24H20N2O2S. The molecule has 2 N–H and O–H groups in total. The van der Waals surface area contributed by atoms with Crippen molar-refractivity contribution < 1.29 is 9.59 Å². The van der Waals surface area contributed by atoms with Gasteiger partial charge in [0.25, 0.3) is 11.8 Å². The Morgan fingerprint density at radius 3 is 2.66 bits per heavy atom. The fourth-order valence-corrected chi connectivity index (χ4v) is 4.02. The molecule has 3 aromatic carbocycles. The van der Waals surface area contributed by atoms with Crippen LogP contribution in [0.4, 0.5) is 5.69 Å². The number of hydrogen-bond acceptors (Lipinski definition) is 3. The molecule has 144 valence electrons. The first-order chi connectivity index (χ1) is 14.1. The number of aryl methyl sites for hydroxylation is 1. The molecule has 0 aliphatic carbocycles. The summed E-state index contributed by atoms with van der Waals surface area (Å²) in [6.45, 7) is 2.48.